The molecule has 0 fully saturated rings. The fourth-order valence-corrected chi connectivity index (χ4v) is 2.19. The van der Waals surface area contributed by atoms with Gasteiger partial charge in [0.25, 0.3) is 0 Å². The van der Waals surface area contributed by atoms with Gasteiger partial charge >= 0.3 is 5.97 Å². The van der Waals surface area contributed by atoms with Crippen molar-refractivity contribution in [3.63, 3.8) is 0 Å². The third-order valence-corrected chi connectivity index (χ3v) is 3.01. The third-order valence-electron chi connectivity index (χ3n) is 2.66. The first-order chi connectivity index (χ1) is 7.16. The summed E-state index contributed by atoms with van der Waals surface area (Å²) in [4.78, 5) is 10.6. The molecule has 1 aliphatic rings. The number of anilines is 1. The monoisotopic (exact) mass is 225 g/mol. The first-order valence-electron chi connectivity index (χ1n) is 4.90. The molecular weight excluding hydrogens is 214 g/mol. The molecule has 2 rings (SSSR count). The molecule has 0 amide bonds. The maximum Gasteiger partial charge on any atom is 0.303 e. The fraction of sp³-hybridized carbons (Fsp3) is 0.364. The number of benzene rings is 1. The second-order valence-corrected chi connectivity index (χ2v) is 4.22. The Morgan fingerprint density at radius 2 is 2.40 bits per heavy atom. The van der Waals surface area contributed by atoms with E-state index in [1.165, 1.54) is 0 Å². The number of carboxylic acid groups (broad SMARTS) is 1. The second-order valence-electron chi connectivity index (χ2n) is 3.81. The van der Waals surface area contributed by atoms with Gasteiger partial charge < -0.3 is 10.4 Å². The van der Waals surface area contributed by atoms with Gasteiger partial charge in [-0.3, -0.25) is 4.79 Å². The lowest BCUT2D eigenvalue weighted by atomic mass is 9.91. The molecule has 1 aromatic carbocycles. The van der Waals surface area contributed by atoms with Crippen LogP contribution >= 0.6 is 11.6 Å². The predicted molar refractivity (Wildman–Crippen MR) is 59.4 cm³/mol. The molecule has 1 aliphatic heterocycles. The number of halogens is 1. The van der Waals surface area contributed by atoms with Gasteiger partial charge in [-0.05, 0) is 30.0 Å². The van der Waals surface area contributed by atoms with E-state index >= 15 is 0 Å². The standard InChI is InChI=1S/C11H12ClNO2/c12-9-2-1-3-10-8(9)4-7(6-13-10)5-11(14)15/h1-3,7,13H,4-6H2,(H,14,15). The molecule has 1 aromatic rings. The quantitative estimate of drug-likeness (QED) is 0.813. The summed E-state index contributed by atoms with van der Waals surface area (Å²) in [5.41, 5.74) is 2.07. The van der Waals surface area contributed by atoms with E-state index in [0.717, 1.165) is 22.7 Å². The van der Waals surface area contributed by atoms with Gasteiger partial charge in [0.05, 0.1) is 6.42 Å². The lowest BCUT2D eigenvalue weighted by Gasteiger charge is -2.25. The highest BCUT2D eigenvalue weighted by molar-refractivity contribution is 6.31. The van der Waals surface area contributed by atoms with Crippen LogP contribution in [0.5, 0.6) is 0 Å². The van der Waals surface area contributed by atoms with Gasteiger partial charge in [0.2, 0.25) is 0 Å². The Labute approximate surface area is 93.1 Å². The Bertz CT molecular complexity index is 392. The van der Waals surface area contributed by atoms with Crippen LogP contribution in [0.25, 0.3) is 0 Å². The zero-order chi connectivity index (χ0) is 10.8. The Kier molecular flexibility index (Phi) is 2.82. The minimum absolute atomic E-state index is 0.134. The largest absolute Gasteiger partial charge is 0.481 e. The number of nitrogens with one attached hydrogen (secondary N) is 1. The number of hydrogen-bond acceptors (Lipinski definition) is 2. The number of hydrogen-bond donors (Lipinski definition) is 2. The van der Waals surface area contributed by atoms with Crippen molar-refractivity contribution >= 4 is 23.3 Å². The first-order valence-corrected chi connectivity index (χ1v) is 5.27. The Hall–Kier alpha value is -1.22. The Morgan fingerprint density at radius 3 is 3.13 bits per heavy atom. The molecule has 0 aliphatic carbocycles. The average molecular weight is 226 g/mol. The van der Waals surface area contributed by atoms with E-state index in [1.54, 1.807) is 0 Å². The maximum atomic E-state index is 10.6. The summed E-state index contributed by atoms with van der Waals surface area (Å²) in [5, 5.41) is 12.7. The lowest BCUT2D eigenvalue weighted by Crippen LogP contribution is -2.25. The van der Waals surface area contributed by atoms with Gasteiger partial charge in [0, 0.05) is 17.3 Å². The molecule has 3 nitrogen and oxygen atoms in total. The van der Waals surface area contributed by atoms with Crippen LogP contribution < -0.4 is 5.32 Å². The summed E-state index contributed by atoms with van der Waals surface area (Å²) < 4.78 is 0. The van der Waals surface area contributed by atoms with Crippen LogP contribution in [0, 0.1) is 5.92 Å². The van der Waals surface area contributed by atoms with Crippen molar-refractivity contribution in [3.8, 4) is 0 Å². The fourth-order valence-electron chi connectivity index (χ4n) is 1.94. The summed E-state index contributed by atoms with van der Waals surface area (Å²) in [5.74, 6) is -0.618. The maximum absolute atomic E-state index is 10.6. The minimum atomic E-state index is -0.752. The van der Waals surface area contributed by atoms with E-state index in [0.29, 0.717) is 6.54 Å². The van der Waals surface area contributed by atoms with Gasteiger partial charge in [-0.25, -0.2) is 0 Å². The van der Waals surface area contributed by atoms with Gasteiger partial charge in [0.1, 0.15) is 0 Å². The van der Waals surface area contributed by atoms with Gasteiger partial charge in [-0.15, -0.1) is 0 Å². The molecule has 80 valence electrons. The van der Waals surface area contributed by atoms with Crippen LogP contribution in [0.4, 0.5) is 5.69 Å². The van der Waals surface area contributed by atoms with Crippen molar-refractivity contribution in [2.24, 2.45) is 5.92 Å². The summed E-state index contributed by atoms with van der Waals surface area (Å²) in [6.07, 6.45) is 0.936. The second kappa shape index (κ2) is 4.11. The highest BCUT2D eigenvalue weighted by Crippen LogP contribution is 2.31. The van der Waals surface area contributed by atoms with Gasteiger partial charge in [-0.1, -0.05) is 17.7 Å². The van der Waals surface area contributed by atoms with Crippen LogP contribution in [0.2, 0.25) is 5.02 Å². The highest BCUT2D eigenvalue weighted by Gasteiger charge is 2.21. The minimum Gasteiger partial charge on any atom is -0.481 e. The Morgan fingerprint density at radius 1 is 1.60 bits per heavy atom. The smallest absolute Gasteiger partial charge is 0.303 e. The van der Waals surface area contributed by atoms with E-state index in [2.05, 4.69) is 5.32 Å². The van der Waals surface area contributed by atoms with Crippen molar-refractivity contribution in [1.29, 1.82) is 0 Å². The molecule has 0 spiro atoms. The molecule has 0 saturated heterocycles. The molecule has 0 aromatic heterocycles. The first kappa shape index (κ1) is 10.3. The van der Waals surface area contributed by atoms with Crippen LogP contribution in [0.15, 0.2) is 18.2 Å². The molecule has 4 heteroatoms. The highest BCUT2D eigenvalue weighted by atomic mass is 35.5. The number of carboxylic acids is 1. The molecule has 15 heavy (non-hydrogen) atoms. The van der Waals surface area contributed by atoms with Crippen molar-refractivity contribution in [3.05, 3.63) is 28.8 Å². The van der Waals surface area contributed by atoms with Crippen LogP contribution in [0.3, 0.4) is 0 Å². The number of fused-ring (bicyclic) bond motifs is 1. The van der Waals surface area contributed by atoms with E-state index in [4.69, 9.17) is 16.7 Å². The molecule has 1 heterocycles. The van der Waals surface area contributed by atoms with Gasteiger partial charge in [0.15, 0.2) is 0 Å². The van der Waals surface area contributed by atoms with E-state index in [-0.39, 0.29) is 12.3 Å². The molecule has 0 saturated carbocycles. The third kappa shape index (κ3) is 2.23. The summed E-state index contributed by atoms with van der Waals surface area (Å²) in [6.45, 7) is 0.708. The average Bonchev–Trinajstić information content (AvgIpc) is 2.18. The molecule has 1 unspecified atom stereocenters. The zero-order valence-electron chi connectivity index (χ0n) is 8.16. The predicted octanol–water partition coefficient (Wildman–Crippen LogP) is 2.40. The topological polar surface area (TPSA) is 49.3 Å². The molecule has 2 N–H and O–H groups in total. The summed E-state index contributed by atoms with van der Waals surface area (Å²) >= 11 is 6.06. The van der Waals surface area contributed by atoms with Crippen molar-refractivity contribution in [2.75, 3.05) is 11.9 Å². The van der Waals surface area contributed by atoms with Crippen LogP contribution in [-0.4, -0.2) is 17.6 Å². The van der Waals surface area contributed by atoms with E-state index in [1.807, 2.05) is 18.2 Å². The van der Waals surface area contributed by atoms with E-state index < -0.39 is 5.97 Å². The molecular formula is C11H12ClNO2. The number of carbonyl (C=O) groups is 1. The van der Waals surface area contributed by atoms with E-state index in [9.17, 15) is 4.79 Å². The van der Waals surface area contributed by atoms with Crippen LogP contribution in [0.1, 0.15) is 12.0 Å². The van der Waals surface area contributed by atoms with Crippen molar-refractivity contribution < 1.29 is 9.90 Å². The summed E-state index contributed by atoms with van der Waals surface area (Å²) in [7, 11) is 0. The summed E-state index contributed by atoms with van der Waals surface area (Å²) in [6, 6.07) is 5.70. The van der Waals surface area contributed by atoms with Crippen LogP contribution in [-0.2, 0) is 11.2 Å². The zero-order valence-corrected chi connectivity index (χ0v) is 8.92. The SMILES string of the molecule is O=C(O)CC1CNc2cccc(Cl)c2C1. The molecule has 1 atom stereocenters. The van der Waals surface area contributed by atoms with Crippen molar-refractivity contribution in [2.45, 2.75) is 12.8 Å². The Balaban J connectivity index is 2.18. The lowest BCUT2D eigenvalue weighted by molar-refractivity contribution is -0.138. The van der Waals surface area contributed by atoms with Gasteiger partial charge in [-0.2, -0.15) is 0 Å². The molecule has 0 bridgehead atoms. The number of aliphatic carboxylic acids is 1. The van der Waals surface area contributed by atoms with Crippen molar-refractivity contribution in [1.82, 2.24) is 0 Å². The number of rotatable bonds is 2. The normalized spacial score (nSPS) is 19.1. The molecule has 0 radical (unpaired) electrons.